The smallest absolute Gasteiger partial charge is 0.427 e. The van der Waals surface area contributed by atoms with Crippen LogP contribution >= 0.6 is 0 Å². The molecule has 3 atom stereocenters. The Morgan fingerprint density at radius 1 is 1.31 bits per heavy atom. The first-order valence-electron chi connectivity index (χ1n) is 5.38. The van der Waals surface area contributed by atoms with Gasteiger partial charge >= 0.3 is 7.12 Å². The maximum Gasteiger partial charge on any atom is 0.451 e. The van der Waals surface area contributed by atoms with Gasteiger partial charge in [-0.25, -0.2) is 0 Å². The molecule has 2 aliphatic heterocycles. The molecule has 0 spiro atoms. The number of hydrogen-bond donors (Lipinski definition) is 3. The maximum absolute atomic E-state index is 8.70. The van der Waals surface area contributed by atoms with E-state index in [-0.39, 0.29) is 0 Å². The quantitative estimate of drug-likeness (QED) is 0.552. The van der Waals surface area contributed by atoms with Crippen LogP contribution in [-0.4, -0.2) is 29.3 Å². The zero-order chi connectivity index (χ0) is 9.26. The van der Waals surface area contributed by atoms with E-state index in [1.165, 1.54) is 19.3 Å². The third kappa shape index (κ3) is 2.24. The lowest BCUT2D eigenvalue weighted by atomic mass is 9.79. The lowest BCUT2D eigenvalue weighted by Gasteiger charge is -2.19. The average molecular weight is 183 g/mol. The normalized spacial score (nSPS) is 36.9. The van der Waals surface area contributed by atoms with Crippen LogP contribution < -0.4 is 5.32 Å². The largest absolute Gasteiger partial charge is 0.451 e. The summed E-state index contributed by atoms with van der Waals surface area (Å²) in [6.07, 6.45) is 6.64. The van der Waals surface area contributed by atoms with E-state index in [1.54, 1.807) is 0 Å². The minimum atomic E-state index is -1.11. The van der Waals surface area contributed by atoms with E-state index >= 15 is 0 Å². The third-order valence-electron chi connectivity index (χ3n) is 3.47. The van der Waals surface area contributed by atoms with Crippen molar-refractivity contribution in [3.63, 3.8) is 0 Å². The van der Waals surface area contributed by atoms with E-state index in [2.05, 4.69) is 5.32 Å². The van der Waals surface area contributed by atoms with Crippen LogP contribution in [-0.2, 0) is 0 Å². The van der Waals surface area contributed by atoms with Crippen LogP contribution in [0.2, 0.25) is 6.32 Å². The molecule has 74 valence electrons. The van der Waals surface area contributed by atoms with Crippen LogP contribution in [0, 0.1) is 5.92 Å². The minimum absolute atomic E-state index is 0.536. The van der Waals surface area contributed by atoms with E-state index in [9.17, 15) is 0 Å². The fraction of sp³-hybridized carbons (Fsp3) is 1.00. The Hall–Kier alpha value is -0.0551. The molecule has 0 radical (unpaired) electrons. The van der Waals surface area contributed by atoms with Gasteiger partial charge in [0.15, 0.2) is 0 Å². The van der Waals surface area contributed by atoms with Crippen molar-refractivity contribution in [2.24, 2.45) is 5.92 Å². The SMILES string of the molecule is OB(O)CCC[C@@H]1C[C@H]2CCC1N2. The molecule has 0 aromatic heterocycles. The topological polar surface area (TPSA) is 52.5 Å². The second-order valence-corrected chi connectivity index (χ2v) is 4.45. The Morgan fingerprint density at radius 2 is 2.15 bits per heavy atom. The summed E-state index contributed by atoms with van der Waals surface area (Å²) in [6.45, 7) is 0. The van der Waals surface area contributed by atoms with Gasteiger partial charge in [0.25, 0.3) is 0 Å². The molecular formula is C9H18BNO2. The summed E-state index contributed by atoms with van der Waals surface area (Å²) in [4.78, 5) is 0. The highest BCUT2D eigenvalue weighted by molar-refractivity contribution is 6.40. The second-order valence-electron chi connectivity index (χ2n) is 4.45. The molecule has 13 heavy (non-hydrogen) atoms. The van der Waals surface area contributed by atoms with Crippen LogP contribution in [0.1, 0.15) is 32.1 Å². The molecule has 0 saturated carbocycles. The molecule has 1 unspecified atom stereocenters. The third-order valence-corrected chi connectivity index (χ3v) is 3.47. The zero-order valence-corrected chi connectivity index (χ0v) is 7.95. The molecule has 4 heteroatoms. The van der Waals surface area contributed by atoms with E-state index in [0.717, 1.165) is 30.8 Å². The van der Waals surface area contributed by atoms with Gasteiger partial charge in [0.1, 0.15) is 0 Å². The summed E-state index contributed by atoms with van der Waals surface area (Å²) in [6, 6.07) is 1.51. The molecule has 2 fully saturated rings. The first kappa shape index (κ1) is 9.50. The van der Waals surface area contributed by atoms with Crippen LogP contribution in [0.3, 0.4) is 0 Å². The highest BCUT2D eigenvalue weighted by atomic mass is 16.4. The van der Waals surface area contributed by atoms with Gasteiger partial charge in [-0.1, -0.05) is 6.42 Å². The molecule has 0 aliphatic carbocycles. The molecular weight excluding hydrogens is 165 g/mol. The van der Waals surface area contributed by atoms with Crippen molar-refractivity contribution >= 4 is 7.12 Å². The highest BCUT2D eigenvalue weighted by Gasteiger charge is 2.38. The van der Waals surface area contributed by atoms with Crippen molar-refractivity contribution in [3.8, 4) is 0 Å². The Balaban J connectivity index is 1.66. The van der Waals surface area contributed by atoms with Gasteiger partial charge in [-0.3, -0.25) is 0 Å². The molecule has 2 saturated heterocycles. The lowest BCUT2D eigenvalue weighted by molar-refractivity contribution is 0.364. The zero-order valence-electron chi connectivity index (χ0n) is 7.95. The summed E-state index contributed by atoms with van der Waals surface area (Å²) in [5.41, 5.74) is 0. The van der Waals surface area contributed by atoms with Crippen molar-refractivity contribution in [2.75, 3.05) is 0 Å². The predicted molar refractivity (Wildman–Crippen MR) is 52.3 cm³/mol. The standard InChI is InChI=1S/C9H18BNO2/c12-10(13)5-1-2-7-6-8-3-4-9(7)11-8/h7-9,11-13H,1-6H2/t7-,8-,9?/m1/s1. The predicted octanol–water partition coefficient (Wildman–Crippen LogP) is 0.380. The lowest BCUT2D eigenvalue weighted by Crippen LogP contribution is -2.23. The summed E-state index contributed by atoms with van der Waals surface area (Å²) >= 11 is 0. The van der Waals surface area contributed by atoms with Crippen molar-refractivity contribution < 1.29 is 10.0 Å². The van der Waals surface area contributed by atoms with Crippen molar-refractivity contribution in [3.05, 3.63) is 0 Å². The van der Waals surface area contributed by atoms with Crippen molar-refractivity contribution in [1.29, 1.82) is 0 Å². The number of hydrogen-bond acceptors (Lipinski definition) is 3. The van der Waals surface area contributed by atoms with Crippen molar-refractivity contribution in [1.82, 2.24) is 5.32 Å². The first-order valence-corrected chi connectivity index (χ1v) is 5.38. The van der Waals surface area contributed by atoms with Gasteiger partial charge in [0.2, 0.25) is 0 Å². The van der Waals surface area contributed by atoms with Gasteiger partial charge in [0.05, 0.1) is 0 Å². The Bertz CT molecular complexity index is 177. The molecule has 3 N–H and O–H groups in total. The molecule has 3 nitrogen and oxygen atoms in total. The molecule has 2 rings (SSSR count). The van der Waals surface area contributed by atoms with Crippen LogP contribution in [0.4, 0.5) is 0 Å². The summed E-state index contributed by atoms with van der Waals surface area (Å²) in [7, 11) is -1.11. The molecule has 0 aromatic rings. The average Bonchev–Trinajstić information content (AvgIpc) is 2.64. The van der Waals surface area contributed by atoms with Gasteiger partial charge in [0, 0.05) is 12.1 Å². The summed E-state index contributed by atoms with van der Waals surface area (Å²) < 4.78 is 0. The number of fused-ring (bicyclic) bond motifs is 2. The van der Waals surface area contributed by atoms with E-state index in [1.807, 2.05) is 0 Å². The van der Waals surface area contributed by atoms with E-state index in [4.69, 9.17) is 10.0 Å². The van der Waals surface area contributed by atoms with Gasteiger partial charge < -0.3 is 15.4 Å². The minimum Gasteiger partial charge on any atom is -0.427 e. The van der Waals surface area contributed by atoms with Crippen LogP contribution in [0.25, 0.3) is 0 Å². The Morgan fingerprint density at radius 3 is 2.69 bits per heavy atom. The molecule has 2 bridgehead atoms. The van der Waals surface area contributed by atoms with Crippen molar-refractivity contribution in [2.45, 2.75) is 50.5 Å². The van der Waals surface area contributed by atoms with E-state index < -0.39 is 7.12 Å². The number of nitrogens with one attached hydrogen (secondary N) is 1. The second kappa shape index (κ2) is 3.99. The fourth-order valence-corrected chi connectivity index (χ4v) is 2.82. The first-order chi connectivity index (χ1) is 6.25. The fourth-order valence-electron chi connectivity index (χ4n) is 2.82. The van der Waals surface area contributed by atoms with Crippen LogP contribution in [0.15, 0.2) is 0 Å². The molecule has 2 aliphatic rings. The Kier molecular flexibility index (Phi) is 2.91. The van der Waals surface area contributed by atoms with Gasteiger partial charge in [-0.2, -0.15) is 0 Å². The number of rotatable bonds is 4. The summed E-state index contributed by atoms with van der Waals surface area (Å²) in [5.74, 6) is 0.803. The Labute approximate surface area is 79.7 Å². The highest BCUT2D eigenvalue weighted by Crippen LogP contribution is 2.35. The monoisotopic (exact) mass is 183 g/mol. The van der Waals surface area contributed by atoms with Gasteiger partial charge in [-0.15, -0.1) is 0 Å². The summed E-state index contributed by atoms with van der Waals surface area (Å²) in [5, 5.41) is 21.0. The van der Waals surface area contributed by atoms with Crippen LogP contribution in [0.5, 0.6) is 0 Å². The van der Waals surface area contributed by atoms with E-state index in [0.29, 0.717) is 6.32 Å². The molecule has 2 heterocycles. The maximum atomic E-state index is 8.70. The molecule has 0 amide bonds. The molecule has 0 aromatic carbocycles. The van der Waals surface area contributed by atoms with Gasteiger partial charge in [-0.05, 0) is 37.9 Å².